The van der Waals surface area contributed by atoms with Gasteiger partial charge in [0, 0.05) is 5.56 Å². The summed E-state index contributed by atoms with van der Waals surface area (Å²) >= 11 is 0. The number of ether oxygens (including phenoxy) is 2. The maximum Gasteiger partial charge on any atom is 0.161 e. The first-order valence-corrected chi connectivity index (χ1v) is 7.25. The lowest BCUT2D eigenvalue weighted by Crippen LogP contribution is -1.94. The molecule has 0 saturated heterocycles. The van der Waals surface area contributed by atoms with Crippen LogP contribution in [-0.2, 0) is 11.3 Å². The Hall–Kier alpha value is -2.49. The Morgan fingerprint density at radius 2 is 1.73 bits per heavy atom. The van der Waals surface area contributed by atoms with Gasteiger partial charge in [-0.2, -0.15) is 0 Å². The van der Waals surface area contributed by atoms with Crippen LogP contribution in [0.25, 0.3) is 0 Å². The summed E-state index contributed by atoms with van der Waals surface area (Å²) in [5.41, 5.74) is 2.22. The van der Waals surface area contributed by atoms with Crippen molar-refractivity contribution in [1.29, 1.82) is 0 Å². The van der Waals surface area contributed by atoms with Crippen LogP contribution < -0.4 is 9.47 Å². The molecule has 0 atom stereocenters. The molecule has 0 spiro atoms. The Labute approximate surface area is 131 Å². The minimum absolute atomic E-state index is 0.596. The van der Waals surface area contributed by atoms with Crippen LogP contribution in [0.3, 0.4) is 0 Å². The van der Waals surface area contributed by atoms with Gasteiger partial charge in [-0.15, -0.1) is 0 Å². The molecule has 0 bridgehead atoms. The number of methoxy groups -OCH3 is 2. The molecule has 2 rings (SSSR count). The average molecular weight is 299 g/mol. The van der Waals surface area contributed by atoms with E-state index in [1.807, 2.05) is 36.4 Å². The minimum Gasteiger partial charge on any atom is -0.493 e. The number of hydrogen-bond donors (Lipinski definition) is 0. The molecule has 116 valence electrons. The first-order chi connectivity index (χ1) is 10.8. The molecule has 0 N–H and O–H groups in total. The van der Waals surface area contributed by atoms with Gasteiger partial charge in [-0.1, -0.05) is 35.5 Å². The predicted molar refractivity (Wildman–Crippen MR) is 87.9 cm³/mol. The number of benzene rings is 2. The number of aryl methyl sites for hydroxylation is 1. The van der Waals surface area contributed by atoms with E-state index in [0.29, 0.717) is 18.1 Å². The fourth-order valence-corrected chi connectivity index (χ4v) is 2.07. The molecule has 0 heterocycles. The number of rotatable bonds is 8. The van der Waals surface area contributed by atoms with Gasteiger partial charge in [0.1, 0.15) is 6.61 Å². The lowest BCUT2D eigenvalue weighted by atomic mass is 10.1. The van der Waals surface area contributed by atoms with E-state index in [2.05, 4.69) is 17.3 Å². The highest BCUT2D eigenvalue weighted by Crippen LogP contribution is 2.26. The summed E-state index contributed by atoms with van der Waals surface area (Å²) in [7, 11) is 3.22. The molecule has 2 aromatic carbocycles. The Kier molecular flexibility index (Phi) is 6.30. The summed E-state index contributed by atoms with van der Waals surface area (Å²) in [5, 5.41) is 3.98. The van der Waals surface area contributed by atoms with Crippen molar-refractivity contribution in [2.75, 3.05) is 20.8 Å². The van der Waals surface area contributed by atoms with Crippen molar-refractivity contribution in [3.8, 4) is 11.5 Å². The van der Waals surface area contributed by atoms with Crippen LogP contribution >= 0.6 is 0 Å². The van der Waals surface area contributed by atoms with E-state index >= 15 is 0 Å². The molecular formula is C18H21NO3. The van der Waals surface area contributed by atoms with E-state index in [9.17, 15) is 0 Å². The third-order valence-corrected chi connectivity index (χ3v) is 3.23. The van der Waals surface area contributed by atoms with Crippen LogP contribution in [0.5, 0.6) is 11.5 Å². The molecule has 2 aromatic rings. The largest absolute Gasteiger partial charge is 0.493 e. The van der Waals surface area contributed by atoms with Gasteiger partial charge in [-0.05, 0) is 36.6 Å². The SMILES string of the molecule is COc1ccc(/C=N\OCCCc2ccccc2)cc1OC. The maximum absolute atomic E-state index is 5.29. The lowest BCUT2D eigenvalue weighted by molar-refractivity contribution is 0.143. The summed E-state index contributed by atoms with van der Waals surface area (Å²) in [5.74, 6) is 1.37. The first-order valence-electron chi connectivity index (χ1n) is 7.25. The highest BCUT2D eigenvalue weighted by Gasteiger charge is 2.02. The maximum atomic E-state index is 5.29. The zero-order chi connectivity index (χ0) is 15.6. The van der Waals surface area contributed by atoms with Crippen molar-refractivity contribution in [3.63, 3.8) is 0 Å². The second kappa shape index (κ2) is 8.72. The van der Waals surface area contributed by atoms with Crippen LogP contribution in [0.15, 0.2) is 53.7 Å². The van der Waals surface area contributed by atoms with Gasteiger partial charge < -0.3 is 14.3 Å². The molecule has 0 saturated carbocycles. The molecular weight excluding hydrogens is 278 g/mol. The van der Waals surface area contributed by atoms with Crippen molar-refractivity contribution in [2.24, 2.45) is 5.16 Å². The van der Waals surface area contributed by atoms with Crippen molar-refractivity contribution >= 4 is 6.21 Å². The van der Waals surface area contributed by atoms with E-state index in [1.54, 1.807) is 20.4 Å². The molecule has 4 nitrogen and oxygen atoms in total. The fraction of sp³-hybridized carbons (Fsp3) is 0.278. The van der Waals surface area contributed by atoms with Gasteiger partial charge in [0.15, 0.2) is 11.5 Å². The van der Waals surface area contributed by atoms with E-state index in [1.165, 1.54) is 5.56 Å². The Morgan fingerprint density at radius 3 is 2.45 bits per heavy atom. The van der Waals surface area contributed by atoms with Gasteiger partial charge in [-0.25, -0.2) is 0 Å². The quantitative estimate of drug-likeness (QED) is 0.424. The monoisotopic (exact) mass is 299 g/mol. The van der Waals surface area contributed by atoms with Crippen LogP contribution in [0.1, 0.15) is 17.5 Å². The van der Waals surface area contributed by atoms with Gasteiger partial charge in [0.05, 0.1) is 20.4 Å². The molecule has 22 heavy (non-hydrogen) atoms. The van der Waals surface area contributed by atoms with Gasteiger partial charge in [-0.3, -0.25) is 0 Å². The first kappa shape index (κ1) is 15.9. The minimum atomic E-state index is 0.596. The van der Waals surface area contributed by atoms with E-state index in [0.717, 1.165) is 18.4 Å². The normalized spacial score (nSPS) is 10.6. The summed E-state index contributed by atoms with van der Waals surface area (Å²) < 4.78 is 10.4. The molecule has 0 amide bonds. The highest BCUT2D eigenvalue weighted by atomic mass is 16.6. The summed E-state index contributed by atoms with van der Waals surface area (Å²) in [6.45, 7) is 0.596. The number of nitrogens with zero attached hydrogens (tertiary/aromatic N) is 1. The smallest absolute Gasteiger partial charge is 0.161 e. The van der Waals surface area contributed by atoms with Crippen LogP contribution in [0.2, 0.25) is 0 Å². The van der Waals surface area contributed by atoms with Crippen LogP contribution in [0, 0.1) is 0 Å². The summed E-state index contributed by atoms with van der Waals surface area (Å²) in [6, 6.07) is 16.0. The summed E-state index contributed by atoms with van der Waals surface area (Å²) in [6.07, 6.45) is 3.60. The Balaban J connectivity index is 1.75. The lowest BCUT2D eigenvalue weighted by Gasteiger charge is -2.07. The standard InChI is InChI=1S/C18H21NO3/c1-20-17-11-10-16(13-18(17)21-2)14-19-22-12-6-9-15-7-4-3-5-8-15/h3-5,7-8,10-11,13-14H,6,9,12H2,1-2H3/b19-14-. The highest BCUT2D eigenvalue weighted by molar-refractivity contribution is 5.80. The average Bonchev–Trinajstić information content (AvgIpc) is 2.58. The second-order valence-electron chi connectivity index (χ2n) is 4.77. The molecule has 0 fully saturated rings. The van der Waals surface area contributed by atoms with Gasteiger partial charge >= 0.3 is 0 Å². The van der Waals surface area contributed by atoms with E-state index < -0.39 is 0 Å². The zero-order valence-electron chi connectivity index (χ0n) is 13.0. The van der Waals surface area contributed by atoms with E-state index in [-0.39, 0.29) is 0 Å². The Morgan fingerprint density at radius 1 is 0.955 bits per heavy atom. The van der Waals surface area contributed by atoms with E-state index in [4.69, 9.17) is 14.3 Å². The molecule has 0 radical (unpaired) electrons. The zero-order valence-corrected chi connectivity index (χ0v) is 13.0. The third kappa shape index (κ3) is 4.81. The van der Waals surface area contributed by atoms with Crippen LogP contribution in [-0.4, -0.2) is 27.0 Å². The molecule has 0 aromatic heterocycles. The van der Waals surface area contributed by atoms with Gasteiger partial charge in [0.25, 0.3) is 0 Å². The topological polar surface area (TPSA) is 40.0 Å². The molecule has 0 aliphatic heterocycles. The number of oxime groups is 1. The van der Waals surface area contributed by atoms with Crippen molar-refractivity contribution < 1.29 is 14.3 Å². The molecule has 4 heteroatoms. The molecule has 0 unspecified atom stereocenters. The van der Waals surface area contributed by atoms with Crippen molar-refractivity contribution in [1.82, 2.24) is 0 Å². The fourth-order valence-electron chi connectivity index (χ4n) is 2.07. The predicted octanol–water partition coefficient (Wildman–Crippen LogP) is 3.69. The van der Waals surface area contributed by atoms with Crippen molar-refractivity contribution in [3.05, 3.63) is 59.7 Å². The van der Waals surface area contributed by atoms with Crippen LogP contribution in [0.4, 0.5) is 0 Å². The Bertz CT molecular complexity index is 597. The number of hydrogen-bond acceptors (Lipinski definition) is 4. The molecule has 0 aliphatic rings. The third-order valence-electron chi connectivity index (χ3n) is 3.23. The van der Waals surface area contributed by atoms with Crippen molar-refractivity contribution in [2.45, 2.75) is 12.8 Å². The summed E-state index contributed by atoms with van der Waals surface area (Å²) in [4.78, 5) is 5.29. The second-order valence-corrected chi connectivity index (χ2v) is 4.77. The van der Waals surface area contributed by atoms with Gasteiger partial charge in [0.2, 0.25) is 0 Å². The molecule has 0 aliphatic carbocycles.